The quantitative estimate of drug-likeness (QED) is 0.265. The van der Waals surface area contributed by atoms with Gasteiger partial charge in [0, 0.05) is 34.8 Å². The Hall–Kier alpha value is -4.89. The van der Waals surface area contributed by atoms with Gasteiger partial charge in [0.15, 0.2) is 0 Å². The average molecular weight is 490 g/mol. The number of hydrogen-bond acceptors (Lipinski definition) is 2. The van der Waals surface area contributed by atoms with E-state index >= 15 is 0 Å². The van der Waals surface area contributed by atoms with Crippen LogP contribution >= 0.6 is 0 Å². The van der Waals surface area contributed by atoms with E-state index in [-0.39, 0.29) is 0 Å². The highest BCUT2D eigenvalue weighted by Crippen LogP contribution is 2.54. The van der Waals surface area contributed by atoms with Gasteiger partial charge in [-0.3, -0.25) is 0 Å². The van der Waals surface area contributed by atoms with E-state index < -0.39 is 5.41 Å². The second-order valence-electron chi connectivity index (χ2n) is 9.75. The van der Waals surface area contributed by atoms with Gasteiger partial charge in [0.2, 0.25) is 0 Å². The Morgan fingerprint density at radius 1 is 0.632 bits per heavy atom. The Bertz CT molecular complexity index is 1780. The molecule has 1 unspecified atom stereocenters. The van der Waals surface area contributed by atoms with Crippen molar-refractivity contribution in [1.82, 2.24) is 4.57 Å². The number of hydrogen-bond donors (Lipinski definition) is 1. The number of nitrogens with zero attached hydrogens (tertiary/aromatic N) is 2. The van der Waals surface area contributed by atoms with Gasteiger partial charge in [-0.25, -0.2) is 4.99 Å². The Morgan fingerprint density at radius 3 is 2.00 bits per heavy atom. The summed E-state index contributed by atoms with van der Waals surface area (Å²) in [6, 6.07) is 49.2. The van der Waals surface area contributed by atoms with Crippen molar-refractivity contribution in [3.63, 3.8) is 0 Å². The highest BCUT2D eigenvalue weighted by molar-refractivity contribution is 6.16. The number of aliphatic imine (C=N–C) groups is 1. The van der Waals surface area contributed by atoms with Gasteiger partial charge in [0.25, 0.3) is 0 Å². The first-order chi connectivity index (χ1) is 18.8. The second kappa shape index (κ2) is 8.89. The molecular formula is C35H27N3. The maximum atomic E-state index is 5.30. The molecule has 7 rings (SSSR count). The lowest BCUT2D eigenvalue weighted by molar-refractivity contribution is 0.846. The van der Waals surface area contributed by atoms with Crippen molar-refractivity contribution >= 4 is 28.1 Å². The van der Waals surface area contributed by atoms with E-state index in [1.54, 1.807) is 0 Å². The van der Waals surface area contributed by atoms with Gasteiger partial charge in [0.05, 0.1) is 11.4 Å². The number of nitrogens with one attached hydrogen (secondary N) is 1. The molecule has 0 radical (unpaired) electrons. The number of amidine groups is 1. The number of benzene rings is 5. The van der Waals surface area contributed by atoms with Crippen molar-refractivity contribution in [2.24, 2.45) is 12.0 Å². The van der Waals surface area contributed by atoms with E-state index in [1.807, 2.05) is 6.07 Å². The summed E-state index contributed by atoms with van der Waals surface area (Å²) < 4.78 is 2.34. The lowest BCUT2D eigenvalue weighted by atomic mass is 9.67. The molecule has 0 amide bonds. The monoisotopic (exact) mass is 489 g/mol. The van der Waals surface area contributed by atoms with Gasteiger partial charge >= 0.3 is 0 Å². The van der Waals surface area contributed by atoms with Gasteiger partial charge in [0.1, 0.15) is 11.3 Å². The summed E-state index contributed by atoms with van der Waals surface area (Å²) in [6.45, 7) is 0. The van der Waals surface area contributed by atoms with Crippen molar-refractivity contribution in [1.29, 1.82) is 0 Å². The topological polar surface area (TPSA) is 29.3 Å². The number of fused-ring (bicyclic) bond motifs is 2. The van der Waals surface area contributed by atoms with Crippen LogP contribution in [0.15, 0.2) is 145 Å². The van der Waals surface area contributed by atoms with Crippen LogP contribution in [-0.2, 0) is 12.5 Å². The van der Waals surface area contributed by atoms with Crippen molar-refractivity contribution < 1.29 is 0 Å². The van der Waals surface area contributed by atoms with Crippen molar-refractivity contribution in [3.05, 3.63) is 156 Å². The highest BCUT2D eigenvalue weighted by atomic mass is 15.1. The van der Waals surface area contributed by atoms with Crippen LogP contribution in [0.1, 0.15) is 16.7 Å². The maximum absolute atomic E-state index is 5.30. The predicted molar refractivity (Wildman–Crippen MR) is 158 cm³/mol. The van der Waals surface area contributed by atoms with Gasteiger partial charge < -0.3 is 9.88 Å². The predicted octanol–water partition coefficient (Wildman–Crippen LogP) is 8.34. The molecule has 0 fully saturated rings. The van der Waals surface area contributed by atoms with E-state index in [4.69, 9.17) is 4.99 Å². The van der Waals surface area contributed by atoms with E-state index in [1.165, 1.54) is 38.9 Å². The van der Waals surface area contributed by atoms with Crippen LogP contribution in [0.4, 0.5) is 11.4 Å². The third-order valence-corrected chi connectivity index (χ3v) is 7.67. The molecule has 1 N–H and O–H groups in total. The lowest BCUT2D eigenvalue weighted by Crippen LogP contribution is -2.40. The summed E-state index contributed by atoms with van der Waals surface area (Å²) >= 11 is 0. The third kappa shape index (κ3) is 3.25. The fourth-order valence-corrected chi connectivity index (χ4v) is 6.08. The average Bonchev–Trinajstić information content (AvgIpc) is 3.46. The first kappa shape index (κ1) is 22.3. The van der Waals surface area contributed by atoms with Crippen LogP contribution in [0.25, 0.3) is 22.2 Å². The molecule has 1 aromatic heterocycles. The lowest BCUT2D eigenvalue weighted by Gasteiger charge is -2.35. The number of rotatable bonds is 4. The fourth-order valence-electron chi connectivity index (χ4n) is 6.08. The van der Waals surface area contributed by atoms with Crippen molar-refractivity contribution in [3.8, 4) is 11.3 Å². The summed E-state index contributed by atoms with van der Waals surface area (Å²) in [5, 5.41) is 4.99. The molecule has 38 heavy (non-hydrogen) atoms. The van der Waals surface area contributed by atoms with E-state index in [0.717, 1.165) is 17.2 Å². The fraction of sp³-hybridized carbons (Fsp3) is 0.0571. The minimum atomic E-state index is -0.653. The highest BCUT2D eigenvalue weighted by Gasteiger charge is 2.50. The molecule has 3 heteroatoms. The van der Waals surface area contributed by atoms with Crippen molar-refractivity contribution in [2.45, 2.75) is 5.41 Å². The minimum absolute atomic E-state index is 0.653. The largest absolute Gasteiger partial charge is 0.343 e. The molecular weight excluding hydrogens is 462 g/mol. The zero-order chi connectivity index (χ0) is 25.5. The molecule has 6 aromatic rings. The molecule has 2 heterocycles. The van der Waals surface area contributed by atoms with Crippen LogP contribution in [-0.4, -0.2) is 10.4 Å². The molecule has 0 bridgehead atoms. The Morgan fingerprint density at radius 2 is 1.24 bits per heavy atom. The molecule has 0 saturated carbocycles. The maximum Gasteiger partial charge on any atom is 0.127 e. The van der Waals surface area contributed by atoms with Crippen LogP contribution in [0.3, 0.4) is 0 Å². The van der Waals surface area contributed by atoms with E-state index in [2.05, 4.69) is 150 Å². The summed E-state index contributed by atoms with van der Waals surface area (Å²) in [7, 11) is 2.18. The SMILES string of the molecule is Cn1c(-c2ccccc2)c(C2(c3ccccc3)C(Nc3ccccc3)=Nc3ccccc32)c2ccccc21. The minimum Gasteiger partial charge on any atom is -0.343 e. The molecule has 0 saturated heterocycles. The molecule has 1 aliphatic rings. The first-order valence-electron chi connectivity index (χ1n) is 13.0. The zero-order valence-corrected chi connectivity index (χ0v) is 21.2. The molecule has 0 aliphatic carbocycles. The zero-order valence-electron chi connectivity index (χ0n) is 21.2. The number of para-hydroxylation sites is 3. The van der Waals surface area contributed by atoms with Gasteiger partial charge in [-0.2, -0.15) is 0 Å². The Labute approximate surface area is 222 Å². The summed E-state index contributed by atoms with van der Waals surface area (Å²) in [6.07, 6.45) is 0. The van der Waals surface area contributed by atoms with Gasteiger partial charge in [-0.15, -0.1) is 0 Å². The molecule has 182 valence electrons. The molecule has 3 nitrogen and oxygen atoms in total. The molecule has 1 aliphatic heterocycles. The number of aryl methyl sites for hydroxylation is 1. The molecule has 1 atom stereocenters. The standard InChI is InChI=1S/C35H27N3/c1-38-31-24-14-11-21-28(31)32(33(38)25-15-5-2-6-16-25)35(26-17-7-3-8-18-26)29-22-12-13-23-30(29)37-34(35)36-27-19-9-4-10-20-27/h2-24H,1H3,(H,36,37). The van der Waals surface area contributed by atoms with Crippen LogP contribution in [0.2, 0.25) is 0 Å². The summed E-state index contributed by atoms with van der Waals surface area (Å²) in [5.41, 5.74) is 8.51. The van der Waals surface area contributed by atoms with E-state index in [9.17, 15) is 0 Å². The van der Waals surface area contributed by atoms with Gasteiger partial charge in [-0.05, 0) is 35.4 Å². The van der Waals surface area contributed by atoms with Crippen molar-refractivity contribution in [2.75, 3.05) is 5.32 Å². The molecule has 5 aromatic carbocycles. The van der Waals surface area contributed by atoms with Crippen LogP contribution in [0.5, 0.6) is 0 Å². The molecule has 0 spiro atoms. The Balaban J connectivity index is 1.66. The summed E-state index contributed by atoms with van der Waals surface area (Å²) in [4.78, 5) is 5.30. The number of aromatic nitrogens is 1. The van der Waals surface area contributed by atoms with Crippen LogP contribution in [0, 0.1) is 0 Å². The normalized spacial score (nSPS) is 16.3. The smallest absolute Gasteiger partial charge is 0.127 e. The first-order valence-corrected chi connectivity index (χ1v) is 13.0. The van der Waals surface area contributed by atoms with Crippen LogP contribution < -0.4 is 5.32 Å². The van der Waals surface area contributed by atoms with E-state index in [0.29, 0.717) is 0 Å². The third-order valence-electron chi connectivity index (χ3n) is 7.67. The van der Waals surface area contributed by atoms with Gasteiger partial charge in [-0.1, -0.05) is 115 Å². The summed E-state index contributed by atoms with van der Waals surface area (Å²) in [5.74, 6) is 0.907. The second-order valence-corrected chi connectivity index (χ2v) is 9.75. The Kier molecular flexibility index (Phi) is 5.22. The number of anilines is 1.